The molecule has 0 N–H and O–H groups in total. The van der Waals surface area contributed by atoms with E-state index in [4.69, 9.17) is 10.00 Å². The van der Waals surface area contributed by atoms with Crippen molar-refractivity contribution in [1.82, 2.24) is 4.31 Å². The van der Waals surface area contributed by atoms with Crippen molar-refractivity contribution in [2.75, 3.05) is 26.8 Å². The van der Waals surface area contributed by atoms with Crippen molar-refractivity contribution in [3.8, 4) is 6.07 Å². The smallest absolute Gasteiger partial charge is 0.216 e. The average Bonchev–Trinajstić information content (AvgIpc) is 2.29. The van der Waals surface area contributed by atoms with Crippen LogP contribution in [0.1, 0.15) is 19.8 Å². The summed E-state index contributed by atoms with van der Waals surface area (Å²) in [4.78, 5) is 0. The molecule has 0 radical (unpaired) electrons. The van der Waals surface area contributed by atoms with Crippen LogP contribution in [-0.2, 0) is 14.8 Å². The van der Waals surface area contributed by atoms with Gasteiger partial charge in [-0.15, -0.1) is 0 Å². The zero-order chi connectivity index (χ0) is 12.2. The Bertz CT molecular complexity index is 355. The van der Waals surface area contributed by atoms with E-state index >= 15 is 0 Å². The van der Waals surface area contributed by atoms with Gasteiger partial charge < -0.3 is 4.74 Å². The van der Waals surface area contributed by atoms with Crippen molar-refractivity contribution < 1.29 is 13.2 Å². The second-order valence-corrected chi connectivity index (χ2v) is 6.49. The van der Waals surface area contributed by atoms with E-state index in [2.05, 4.69) is 0 Å². The van der Waals surface area contributed by atoms with E-state index in [0.717, 1.165) is 0 Å². The Balaban J connectivity index is 2.65. The Morgan fingerprint density at radius 1 is 1.50 bits per heavy atom. The number of ether oxygens (including phenoxy) is 1. The highest BCUT2D eigenvalue weighted by Gasteiger charge is 2.31. The Labute approximate surface area is 97.0 Å². The minimum atomic E-state index is -3.26. The Morgan fingerprint density at radius 3 is 2.56 bits per heavy atom. The standard InChI is InChI=1S/C10H18N2O3S/c1-9(7-11)8-12(2)16(13,14)10-3-5-15-6-4-10/h9-10H,3-6,8H2,1-2H3. The van der Waals surface area contributed by atoms with Crippen molar-refractivity contribution in [3.63, 3.8) is 0 Å². The minimum Gasteiger partial charge on any atom is -0.381 e. The fourth-order valence-electron chi connectivity index (χ4n) is 1.76. The maximum atomic E-state index is 12.1. The lowest BCUT2D eigenvalue weighted by atomic mass is 10.2. The van der Waals surface area contributed by atoms with Gasteiger partial charge in [-0.1, -0.05) is 0 Å². The van der Waals surface area contributed by atoms with Gasteiger partial charge in [-0.2, -0.15) is 5.26 Å². The highest BCUT2D eigenvalue weighted by Crippen LogP contribution is 2.19. The lowest BCUT2D eigenvalue weighted by Gasteiger charge is -2.27. The van der Waals surface area contributed by atoms with Gasteiger partial charge in [0.25, 0.3) is 0 Å². The SMILES string of the molecule is CC(C#N)CN(C)S(=O)(=O)C1CCOCC1. The quantitative estimate of drug-likeness (QED) is 0.727. The predicted molar refractivity (Wildman–Crippen MR) is 60.2 cm³/mol. The number of hydrogen-bond acceptors (Lipinski definition) is 4. The van der Waals surface area contributed by atoms with Crippen LogP contribution in [0, 0.1) is 17.2 Å². The topological polar surface area (TPSA) is 70.4 Å². The van der Waals surface area contributed by atoms with Crippen molar-refractivity contribution in [1.29, 1.82) is 5.26 Å². The first kappa shape index (κ1) is 13.4. The largest absolute Gasteiger partial charge is 0.381 e. The number of nitriles is 1. The van der Waals surface area contributed by atoms with E-state index < -0.39 is 10.0 Å². The van der Waals surface area contributed by atoms with Gasteiger partial charge in [0.1, 0.15) is 0 Å². The maximum Gasteiger partial charge on any atom is 0.216 e. The minimum absolute atomic E-state index is 0.260. The van der Waals surface area contributed by atoms with E-state index in [0.29, 0.717) is 26.1 Å². The van der Waals surface area contributed by atoms with Crippen molar-refractivity contribution in [3.05, 3.63) is 0 Å². The second kappa shape index (κ2) is 5.62. The van der Waals surface area contributed by atoms with Crippen molar-refractivity contribution >= 4 is 10.0 Å². The summed E-state index contributed by atoms with van der Waals surface area (Å²) in [6.07, 6.45) is 1.10. The van der Waals surface area contributed by atoms with E-state index in [1.165, 1.54) is 4.31 Å². The predicted octanol–water partition coefficient (Wildman–Crippen LogP) is 0.587. The van der Waals surface area contributed by atoms with Gasteiger partial charge in [-0.05, 0) is 19.8 Å². The number of sulfonamides is 1. The Morgan fingerprint density at radius 2 is 2.06 bits per heavy atom. The zero-order valence-corrected chi connectivity index (χ0v) is 10.5. The molecule has 1 fully saturated rings. The maximum absolute atomic E-state index is 12.1. The number of rotatable bonds is 4. The monoisotopic (exact) mass is 246 g/mol. The third-order valence-electron chi connectivity index (χ3n) is 2.78. The first-order valence-corrected chi connectivity index (χ1v) is 6.91. The fourth-order valence-corrected chi connectivity index (χ4v) is 3.49. The van der Waals surface area contributed by atoms with Crippen LogP contribution in [0.5, 0.6) is 0 Å². The summed E-state index contributed by atoms with van der Waals surface area (Å²) < 4.78 is 30.6. The number of nitrogens with zero attached hydrogens (tertiary/aromatic N) is 2. The van der Waals surface area contributed by atoms with Gasteiger partial charge in [-0.3, -0.25) is 0 Å². The molecule has 16 heavy (non-hydrogen) atoms. The zero-order valence-electron chi connectivity index (χ0n) is 9.72. The van der Waals surface area contributed by atoms with Crippen LogP contribution in [-0.4, -0.2) is 44.8 Å². The lowest BCUT2D eigenvalue weighted by Crippen LogP contribution is -2.40. The highest BCUT2D eigenvalue weighted by atomic mass is 32.2. The molecule has 0 aliphatic carbocycles. The molecule has 0 aromatic rings. The van der Waals surface area contributed by atoms with Crippen LogP contribution in [0.4, 0.5) is 0 Å². The molecule has 1 aliphatic rings. The first-order chi connectivity index (χ1) is 7.48. The van der Waals surface area contributed by atoms with E-state index in [1.807, 2.05) is 6.07 Å². The highest BCUT2D eigenvalue weighted by molar-refractivity contribution is 7.89. The summed E-state index contributed by atoms with van der Waals surface area (Å²) in [5.41, 5.74) is 0. The molecule has 0 aromatic heterocycles. The molecule has 92 valence electrons. The van der Waals surface area contributed by atoms with Crippen LogP contribution in [0.3, 0.4) is 0 Å². The first-order valence-electron chi connectivity index (χ1n) is 5.41. The van der Waals surface area contributed by atoms with Gasteiger partial charge in [-0.25, -0.2) is 12.7 Å². The third-order valence-corrected chi connectivity index (χ3v) is 5.11. The summed E-state index contributed by atoms with van der Waals surface area (Å²) in [6, 6.07) is 2.04. The molecule has 1 atom stereocenters. The molecule has 1 heterocycles. The van der Waals surface area contributed by atoms with Crippen molar-refractivity contribution in [2.24, 2.45) is 5.92 Å². The lowest BCUT2D eigenvalue weighted by molar-refractivity contribution is 0.0973. The molecule has 0 saturated carbocycles. The second-order valence-electron chi connectivity index (χ2n) is 4.17. The molecule has 0 aromatic carbocycles. The Hall–Kier alpha value is -0.640. The van der Waals surface area contributed by atoms with Crippen LogP contribution >= 0.6 is 0 Å². The van der Waals surface area contributed by atoms with Crippen molar-refractivity contribution in [2.45, 2.75) is 25.0 Å². The fraction of sp³-hybridized carbons (Fsp3) is 0.900. The van der Waals surface area contributed by atoms with Gasteiger partial charge in [0.2, 0.25) is 10.0 Å². The van der Waals surface area contributed by atoms with E-state index in [-0.39, 0.29) is 17.7 Å². The molecule has 1 aliphatic heterocycles. The number of hydrogen-bond donors (Lipinski definition) is 0. The van der Waals surface area contributed by atoms with Crippen LogP contribution in [0.15, 0.2) is 0 Å². The molecular weight excluding hydrogens is 228 g/mol. The van der Waals surface area contributed by atoms with E-state index in [1.54, 1.807) is 14.0 Å². The summed E-state index contributed by atoms with van der Waals surface area (Å²) in [7, 11) is -1.72. The molecule has 1 saturated heterocycles. The van der Waals surface area contributed by atoms with Gasteiger partial charge in [0.05, 0.1) is 17.2 Å². The summed E-state index contributed by atoms with van der Waals surface area (Å²) >= 11 is 0. The third kappa shape index (κ3) is 3.17. The molecule has 1 rings (SSSR count). The van der Waals surface area contributed by atoms with Gasteiger partial charge in [0, 0.05) is 26.8 Å². The molecule has 5 nitrogen and oxygen atoms in total. The molecule has 1 unspecified atom stereocenters. The molecule has 0 bridgehead atoms. The molecule has 0 amide bonds. The van der Waals surface area contributed by atoms with E-state index in [9.17, 15) is 8.42 Å². The molecular formula is C10H18N2O3S. The normalized spacial score (nSPS) is 20.6. The van der Waals surface area contributed by atoms with Crippen LogP contribution in [0.25, 0.3) is 0 Å². The average molecular weight is 246 g/mol. The molecule has 6 heteroatoms. The van der Waals surface area contributed by atoms with Crippen LogP contribution < -0.4 is 0 Å². The van der Waals surface area contributed by atoms with Gasteiger partial charge in [0.15, 0.2) is 0 Å². The van der Waals surface area contributed by atoms with Crippen LogP contribution in [0.2, 0.25) is 0 Å². The van der Waals surface area contributed by atoms with Gasteiger partial charge >= 0.3 is 0 Å². The summed E-state index contributed by atoms with van der Waals surface area (Å²) in [6.45, 7) is 2.99. The summed E-state index contributed by atoms with van der Waals surface area (Å²) in [5.74, 6) is -0.278. The summed E-state index contributed by atoms with van der Waals surface area (Å²) in [5, 5.41) is 8.32. The molecule has 0 spiro atoms. The Kier molecular flexibility index (Phi) is 4.71.